The minimum Gasteiger partial charge on any atom is -0.481 e. The summed E-state index contributed by atoms with van der Waals surface area (Å²) in [7, 11) is 0. The smallest absolute Gasteiger partial charge is 0.307 e. The summed E-state index contributed by atoms with van der Waals surface area (Å²) < 4.78 is 0. The van der Waals surface area contributed by atoms with Crippen LogP contribution in [-0.2, 0) is 16.0 Å². The number of benzene rings is 2. The Labute approximate surface area is 135 Å². The molecule has 2 atom stereocenters. The monoisotopic (exact) mass is 309 g/mol. The van der Waals surface area contributed by atoms with E-state index in [0.717, 1.165) is 6.42 Å². The number of carboxylic acid groups (broad SMARTS) is 1. The van der Waals surface area contributed by atoms with Crippen molar-refractivity contribution in [3.8, 4) is 0 Å². The number of amides is 1. The fourth-order valence-corrected chi connectivity index (χ4v) is 3.00. The predicted molar refractivity (Wildman–Crippen MR) is 88.4 cm³/mol. The van der Waals surface area contributed by atoms with Crippen molar-refractivity contribution in [2.75, 3.05) is 5.32 Å². The lowest BCUT2D eigenvalue weighted by Gasteiger charge is -2.08. The number of hydrogen-bond acceptors (Lipinski definition) is 2. The predicted octanol–water partition coefficient (Wildman–Crippen LogP) is 3.36. The van der Waals surface area contributed by atoms with E-state index < -0.39 is 5.97 Å². The van der Waals surface area contributed by atoms with Crippen molar-refractivity contribution in [3.05, 3.63) is 65.2 Å². The quantitative estimate of drug-likeness (QED) is 0.890. The third-order valence-electron chi connectivity index (χ3n) is 4.27. The van der Waals surface area contributed by atoms with Crippen LogP contribution in [0, 0.1) is 12.8 Å². The van der Waals surface area contributed by atoms with Crippen LogP contribution >= 0.6 is 0 Å². The van der Waals surface area contributed by atoms with Gasteiger partial charge in [0.25, 0.3) is 0 Å². The second-order valence-electron chi connectivity index (χ2n) is 6.07. The zero-order chi connectivity index (χ0) is 16.4. The number of rotatable bonds is 5. The van der Waals surface area contributed by atoms with Crippen molar-refractivity contribution in [2.45, 2.75) is 25.7 Å². The Hall–Kier alpha value is -2.62. The van der Waals surface area contributed by atoms with Gasteiger partial charge in [-0.3, -0.25) is 9.59 Å². The van der Waals surface area contributed by atoms with Crippen molar-refractivity contribution in [1.29, 1.82) is 0 Å². The molecular formula is C19H19NO3. The lowest BCUT2D eigenvalue weighted by atomic mass is 10.0. The zero-order valence-electron chi connectivity index (χ0n) is 13.0. The molecule has 2 aromatic rings. The molecule has 23 heavy (non-hydrogen) atoms. The van der Waals surface area contributed by atoms with Crippen LogP contribution in [0.15, 0.2) is 48.5 Å². The fraction of sp³-hybridized carbons (Fsp3) is 0.263. The summed E-state index contributed by atoms with van der Waals surface area (Å²) in [6.07, 6.45) is 0.824. The summed E-state index contributed by atoms with van der Waals surface area (Å²) >= 11 is 0. The van der Waals surface area contributed by atoms with Gasteiger partial charge in [0.15, 0.2) is 0 Å². The average Bonchev–Trinajstić information content (AvgIpc) is 3.28. The number of carboxylic acids is 1. The highest BCUT2D eigenvalue weighted by Gasteiger charge is 2.44. The molecule has 118 valence electrons. The molecule has 4 heteroatoms. The van der Waals surface area contributed by atoms with Gasteiger partial charge in [0.05, 0.1) is 6.42 Å². The van der Waals surface area contributed by atoms with E-state index in [1.165, 1.54) is 11.1 Å². The third kappa shape index (κ3) is 3.59. The van der Waals surface area contributed by atoms with Gasteiger partial charge in [-0.15, -0.1) is 0 Å². The number of nitrogens with one attached hydrogen (secondary N) is 1. The summed E-state index contributed by atoms with van der Waals surface area (Å²) in [5, 5.41) is 11.7. The van der Waals surface area contributed by atoms with Gasteiger partial charge in [-0.25, -0.2) is 0 Å². The molecule has 4 nitrogen and oxygen atoms in total. The summed E-state index contributed by atoms with van der Waals surface area (Å²) in [5.74, 6) is -0.585. The van der Waals surface area contributed by atoms with E-state index in [4.69, 9.17) is 5.11 Å². The van der Waals surface area contributed by atoms with E-state index in [2.05, 4.69) is 24.4 Å². The lowest BCUT2D eigenvalue weighted by molar-refractivity contribution is -0.136. The maximum absolute atomic E-state index is 12.4. The van der Waals surface area contributed by atoms with Gasteiger partial charge >= 0.3 is 5.97 Å². The molecule has 0 radical (unpaired) electrons. The van der Waals surface area contributed by atoms with Gasteiger partial charge in [0.1, 0.15) is 0 Å². The molecule has 1 aliphatic rings. The van der Waals surface area contributed by atoms with Gasteiger partial charge < -0.3 is 10.4 Å². The van der Waals surface area contributed by atoms with Crippen LogP contribution in [0.25, 0.3) is 0 Å². The minimum atomic E-state index is -0.879. The maximum atomic E-state index is 12.4. The van der Waals surface area contributed by atoms with Gasteiger partial charge in [-0.05, 0) is 48.1 Å². The highest BCUT2D eigenvalue weighted by Crippen LogP contribution is 2.48. The number of aliphatic carboxylic acids is 1. The normalized spacial score (nSPS) is 19.2. The lowest BCUT2D eigenvalue weighted by Crippen LogP contribution is -2.15. The number of aryl methyl sites for hydroxylation is 1. The molecule has 0 aromatic heterocycles. The standard InChI is InChI=1S/C19H19NO3/c1-12-5-2-3-8-15(12)16-11-17(16)19(23)20-14-7-4-6-13(9-14)10-18(21)22/h2-9,16-17H,10-11H2,1H3,(H,20,23)(H,21,22)/t16-,17+/m1/s1. The van der Waals surface area contributed by atoms with Crippen molar-refractivity contribution in [3.63, 3.8) is 0 Å². The molecule has 2 N–H and O–H groups in total. The molecule has 2 aromatic carbocycles. The number of hydrogen-bond donors (Lipinski definition) is 2. The van der Waals surface area contributed by atoms with Crippen LogP contribution in [0.5, 0.6) is 0 Å². The Balaban J connectivity index is 1.65. The highest BCUT2D eigenvalue weighted by atomic mass is 16.4. The zero-order valence-corrected chi connectivity index (χ0v) is 13.0. The van der Waals surface area contributed by atoms with E-state index in [-0.39, 0.29) is 18.2 Å². The molecule has 1 saturated carbocycles. The summed E-state index contributed by atoms with van der Waals surface area (Å²) in [6, 6.07) is 15.2. The second-order valence-corrected chi connectivity index (χ2v) is 6.07. The van der Waals surface area contributed by atoms with E-state index in [1.54, 1.807) is 24.3 Å². The fourth-order valence-electron chi connectivity index (χ4n) is 3.00. The maximum Gasteiger partial charge on any atom is 0.307 e. The molecule has 0 unspecified atom stereocenters. The topological polar surface area (TPSA) is 66.4 Å². The molecule has 1 aliphatic carbocycles. The Bertz CT molecular complexity index is 754. The summed E-state index contributed by atoms with van der Waals surface area (Å²) in [4.78, 5) is 23.1. The largest absolute Gasteiger partial charge is 0.481 e. The van der Waals surface area contributed by atoms with E-state index in [9.17, 15) is 9.59 Å². The molecule has 0 saturated heterocycles. The Morgan fingerprint density at radius 1 is 1.17 bits per heavy atom. The molecule has 1 fully saturated rings. The Morgan fingerprint density at radius 3 is 2.70 bits per heavy atom. The van der Waals surface area contributed by atoms with Crippen LogP contribution in [-0.4, -0.2) is 17.0 Å². The second kappa shape index (κ2) is 6.24. The first kappa shape index (κ1) is 15.3. The highest BCUT2D eigenvalue weighted by molar-refractivity contribution is 5.95. The number of anilines is 1. The van der Waals surface area contributed by atoms with Gasteiger partial charge in [0.2, 0.25) is 5.91 Å². The molecular weight excluding hydrogens is 290 g/mol. The number of carbonyl (C=O) groups is 2. The van der Waals surface area contributed by atoms with Gasteiger partial charge in [-0.2, -0.15) is 0 Å². The Kier molecular flexibility index (Phi) is 4.15. The minimum absolute atomic E-state index is 0.000713. The molecule has 0 bridgehead atoms. The average molecular weight is 309 g/mol. The van der Waals surface area contributed by atoms with Crippen LogP contribution < -0.4 is 5.32 Å². The molecule has 0 spiro atoms. The SMILES string of the molecule is Cc1ccccc1[C@H]1C[C@@H]1C(=O)Nc1cccc(CC(=O)O)c1. The van der Waals surface area contributed by atoms with Crippen LogP contribution in [0.4, 0.5) is 5.69 Å². The van der Waals surface area contributed by atoms with Crippen LogP contribution in [0.3, 0.4) is 0 Å². The number of carbonyl (C=O) groups excluding carboxylic acids is 1. The molecule has 0 heterocycles. The van der Waals surface area contributed by atoms with E-state index in [0.29, 0.717) is 17.2 Å². The summed E-state index contributed by atoms with van der Waals surface area (Å²) in [6.45, 7) is 2.07. The van der Waals surface area contributed by atoms with Crippen molar-refractivity contribution >= 4 is 17.6 Å². The molecule has 1 amide bonds. The molecule has 3 rings (SSSR count). The first-order chi connectivity index (χ1) is 11.0. The van der Waals surface area contributed by atoms with E-state index >= 15 is 0 Å². The Morgan fingerprint density at radius 2 is 1.96 bits per heavy atom. The first-order valence-electron chi connectivity index (χ1n) is 7.71. The first-order valence-corrected chi connectivity index (χ1v) is 7.71. The van der Waals surface area contributed by atoms with Crippen molar-refractivity contribution in [1.82, 2.24) is 0 Å². The van der Waals surface area contributed by atoms with Crippen molar-refractivity contribution in [2.24, 2.45) is 5.92 Å². The summed E-state index contributed by atoms with van der Waals surface area (Å²) in [5.41, 5.74) is 3.80. The van der Waals surface area contributed by atoms with Crippen LogP contribution in [0.1, 0.15) is 29.0 Å². The van der Waals surface area contributed by atoms with E-state index in [1.807, 2.05) is 12.1 Å². The van der Waals surface area contributed by atoms with Crippen molar-refractivity contribution < 1.29 is 14.7 Å². The van der Waals surface area contributed by atoms with Gasteiger partial charge in [-0.1, -0.05) is 36.4 Å². The van der Waals surface area contributed by atoms with Crippen LogP contribution in [0.2, 0.25) is 0 Å². The third-order valence-corrected chi connectivity index (χ3v) is 4.27. The molecule has 0 aliphatic heterocycles. The van der Waals surface area contributed by atoms with Gasteiger partial charge in [0, 0.05) is 11.6 Å².